The molecule has 0 aliphatic carbocycles. The van der Waals surface area contributed by atoms with Crippen LogP contribution in [0.1, 0.15) is 63.0 Å². The van der Waals surface area contributed by atoms with Crippen molar-refractivity contribution in [3.05, 3.63) is 326 Å². The van der Waals surface area contributed by atoms with Crippen LogP contribution in [0.2, 0.25) is 30.1 Å². The van der Waals surface area contributed by atoms with Gasteiger partial charge in [-0.2, -0.15) is 15.8 Å². The predicted molar refractivity (Wildman–Crippen MR) is 485 cm³/mol. The van der Waals surface area contributed by atoms with Gasteiger partial charge in [0.15, 0.2) is 6.29 Å². The van der Waals surface area contributed by atoms with Crippen LogP contribution in [0.15, 0.2) is 262 Å². The van der Waals surface area contributed by atoms with E-state index in [-0.39, 0.29) is 98.7 Å². The molecule has 0 aliphatic rings. The summed E-state index contributed by atoms with van der Waals surface area (Å²) in [5.41, 5.74) is 4.07. The zero-order valence-corrected chi connectivity index (χ0v) is 75.3. The third-order valence-electron chi connectivity index (χ3n) is 18.8. The number of halogens is 6. The van der Waals surface area contributed by atoms with Gasteiger partial charge in [0, 0.05) is 162 Å². The van der Waals surface area contributed by atoms with Crippen LogP contribution in [0.3, 0.4) is 0 Å². The SMILES string of the molecule is CCOP(=O)(CC#N)OCC.COC(=O)c1cc2ccncc2c2cc(Cl)ccc12.N#C/C=C/c1cc2ccncc2c2cc(Cl)ccc12.N#Cc1cc2ccncc2c2cc(Cl)ccc12.O=C(O)c1cc2ccncc2c2cc(Cl)ccc12.O=Cc1cc2ccncc2c2cc(Cl)ccc12.OCc1cc2ccncc2c2cc(Cl)ccc12.[B].[H-].[Na+].[Na+].[OH-]. The van der Waals surface area contributed by atoms with Gasteiger partial charge < -0.3 is 30.9 Å². The molecule has 0 spiro atoms. The molecule has 29 heteroatoms. The Morgan fingerprint density at radius 2 is 0.754 bits per heavy atom. The largest absolute Gasteiger partial charge is 1.00 e. The van der Waals surface area contributed by atoms with E-state index in [1.807, 2.05) is 152 Å². The first-order valence-corrected chi connectivity index (χ1v) is 40.1. The average Bonchev–Trinajstić information content (AvgIpc) is 0.666. The van der Waals surface area contributed by atoms with E-state index >= 15 is 0 Å². The summed E-state index contributed by atoms with van der Waals surface area (Å²) >= 11 is 36.2. The van der Waals surface area contributed by atoms with Crippen LogP contribution in [0, 0.1) is 34.0 Å². The fourth-order valence-corrected chi connectivity index (χ4v) is 15.8. The second kappa shape index (κ2) is 45.5. The number of fused-ring (bicyclic) bond motifs is 18. The maximum absolute atomic E-state index is 11.9. The molecule has 6 heterocycles. The normalized spacial score (nSPS) is 10.6. The van der Waals surface area contributed by atoms with Crippen molar-refractivity contribution < 1.29 is 109 Å². The van der Waals surface area contributed by atoms with Gasteiger partial charge >= 0.3 is 78.6 Å². The minimum Gasteiger partial charge on any atom is -1.00 e. The Kier molecular flexibility index (Phi) is 36.1. The molecule has 0 aliphatic heterocycles. The molecule has 18 aromatic rings. The fraction of sp³-hybridized carbons (Fsp3) is 0.0753. The van der Waals surface area contributed by atoms with Crippen molar-refractivity contribution in [1.82, 2.24) is 29.9 Å². The monoisotopic (exact) mass is 1770 g/mol. The summed E-state index contributed by atoms with van der Waals surface area (Å²) in [4.78, 5) is 59.0. The number of ether oxygens (including phenoxy) is 1. The quantitative estimate of drug-likeness (QED) is 0.0321. The fourth-order valence-electron chi connectivity index (χ4n) is 13.6. The Hall–Kier alpha value is -10.6. The molecule has 0 fully saturated rings. The molecule has 0 saturated carbocycles. The molecular formula is C93H66BCl6N9Na2O10P. The molecule has 0 unspecified atom stereocenters. The molecular weight excluding hydrogens is 1700 g/mol. The molecule has 6 aromatic heterocycles. The van der Waals surface area contributed by atoms with E-state index in [0.29, 0.717) is 65.4 Å². The molecule has 3 radical (unpaired) electrons. The minimum absolute atomic E-state index is 0. The van der Waals surface area contributed by atoms with Crippen LogP contribution in [-0.2, 0) is 25.0 Å². The van der Waals surface area contributed by atoms with Crippen molar-refractivity contribution in [2.45, 2.75) is 20.5 Å². The van der Waals surface area contributed by atoms with E-state index in [2.05, 4.69) is 42.0 Å². The average molecular weight is 1770 g/mol. The first kappa shape index (κ1) is 96.8. The number of rotatable bonds is 10. The number of hydrogen-bond acceptors (Lipinski definition) is 18. The number of aliphatic hydroxyl groups excluding tert-OH is 1. The number of aliphatic hydroxyl groups is 1. The molecule has 3 N–H and O–H groups in total. The molecule has 12 aromatic carbocycles. The second-order valence-electron chi connectivity index (χ2n) is 25.9. The Morgan fingerprint density at radius 3 is 1.11 bits per heavy atom. The van der Waals surface area contributed by atoms with E-state index in [1.54, 1.807) is 130 Å². The molecule has 0 saturated heterocycles. The second-order valence-corrected chi connectivity index (χ2v) is 30.5. The zero-order chi connectivity index (χ0) is 83.6. The Balaban J connectivity index is 0.000000197. The van der Waals surface area contributed by atoms with Crippen molar-refractivity contribution in [2.75, 3.05) is 26.5 Å². The van der Waals surface area contributed by atoms with Crippen LogP contribution in [0.4, 0.5) is 0 Å². The Bertz CT molecular complexity index is 7190. The number of aromatic nitrogens is 6. The van der Waals surface area contributed by atoms with Crippen LogP contribution in [0.25, 0.3) is 135 Å². The first-order chi connectivity index (χ1) is 57.2. The molecule has 595 valence electrons. The molecule has 122 heavy (non-hydrogen) atoms. The number of aromatic carboxylic acids is 1. The molecule has 0 amide bonds. The van der Waals surface area contributed by atoms with Crippen molar-refractivity contribution in [2.24, 2.45) is 0 Å². The minimum atomic E-state index is -3.08. The van der Waals surface area contributed by atoms with Crippen molar-refractivity contribution in [3.8, 4) is 18.2 Å². The summed E-state index contributed by atoms with van der Waals surface area (Å²) in [5, 5.41) is 71.8. The maximum atomic E-state index is 11.9. The number of carboxylic acid groups (broad SMARTS) is 1. The van der Waals surface area contributed by atoms with Crippen molar-refractivity contribution in [1.29, 1.82) is 15.8 Å². The summed E-state index contributed by atoms with van der Waals surface area (Å²) in [6.07, 6.45) is 25.0. The number of nitrogens with zero attached hydrogens (tertiary/aromatic N) is 9. The molecule has 0 bridgehead atoms. The topological polar surface area (TPSA) is 315 Å². The predicted octanol–water partition coefficient (Wildman–Crippen LogP) is 18.8. The number of methoxy groups -OCH3 is 1. The number of carbonyl (C=O) groups is 3. The van der Waals surface area contributed by atoms with Gasteiger partial charge in [0.05, 0.1) is 61.8 Å². The summed E-state index contributed by atoms with van der Waals surface area (Å²) in [7, 11) is -1.70. The number of esters is 1. The Morgan fingerprint density at radius 1 is 0.434 bits per heavy atom. The standard InChI is InChI=1S/C16H9ClN2.C15H10ClNO2.C14H7ClN2.C14H8ClNO2.C14H10ClNO.C14H8ClNO.C6H12NO3P.B.2Na.H2O.H/c17-13-3-4-14-11(2-1-6-18)8-12-5-7-19-10-16(12)15(14)9-13;1-19-15(18)13-6-9-4-5-17-8-14(9)12-7-10(16)2-3-11(12)13;15-11-1-2-12-10(7-16)5-9-3-4-17-8-14(9)13(12)6-11;15-9-1-2-10-11(6-9)13-7-16-4-3-8(13)5-12(10)14(17)18;2*15-11-1-2-12-10(8-17)5-9-3-4-16-7-14(9)13(12)6-11;1-3-9-11(8,6-5-7)10-4-2;;;;;/h1-5,7-10H;2-8H,1H3;1-6,8H;1-7H,(H,17,18);1-7,17H,8H2;1-8H;3-4,6H2,1-2H3;;;;1H2;/q;;;;;;;;2*+1;;-1/p-1/b2-1+;;;;;;;;;;;. The van der Waals surface area contributed by atoms with Gasteiger partial charge in [-0.25, -0.2) is 9.59 Å². The van der Waals surface area contributed by atoms with Crippen LogP contribution >= 0.6 is 77.2 Å². The van der Waals surface area contributed by atoms with Gasteiger partial charge in [-0.15, -0.1) is 0 Å². The summed E-state index contributed by atoms with van der Waals surface area (Å²) in [5.74, 6) is -1.30. The van der Waals surface area contributed by atoms with E-state index < -0.39 is 13.6 Å². The number of carbonyl (C=O) groups excluding carboxylic acids is 2. The summed E-state index contributed by atoms with van der Waals surface area (Å²) in [6.45, 7) is 4.06. The van der Waals surface area contributed by atoms with E-state index in [1.165, 1.54) is 13.2 Å². The number of nitriles is 3. The summed E-state index contributed by atoms with van der Waals surface area (Å²) in [6, 6.07) is 61.8. The smallest absolute Gasteiger partial charge is 1.00 e. The maximum Gasteiger partial charge on any atom is 1.00 e. The third kappa shape index (κ3) is 22.8. The van der Waals surface area contributed by atoms with Crippen LogP contribution in [0.5, 0.6) is 0 Å². The van der Waals surface area contributed by atoms with Gasteiger partial charge in [-0.05, 0) is 268 Å². The Labute approximate surface area is 777 Å². The number of allylic oxidation sites excluding steroid dienone is 1. The van der Waals surface area contributed by atoms with Gasteiger partial charge in [0.25, 0.3) is 0 Å². The van der Waals surface area contributed by atoms with Gasteiger partial charge in [0.1, 0.15) is 6.16 Å². The number of pyridine rings is 6. The van der Waals surface area contributed by atoms with E-state index in [0.717, 1.165) is 141 Å². The first-order valence-electron chi connectivity index (χ1n) is 36.1. The zero-order valence-electron chi connectivity index (χ0n) is 66.8. The van der Waals surface area contributed by atoms with Gasteiger partial charge in [-0.3, -0.25) is 39.3 Å². The van der Waals surface area contributed by atoms with E-state index in [4.69, 9.17) is 99.2 Å². The number of carboxylic acids is 1. The third-order valence-corrected chi connectivity index (χ3v) is 22.0. The molecule has 18 rings (SSSR count). The molecule has 0 atom stereocenters. The van der Waals surface area contributed by atoms with Crippen molar-refractivity contribution in [3.63, 3.8) is 0 Å². The van der Waals surface area contributed by atoms with Crippen LogP contribution in [-0.4, -0.2) is 98.7 Å². The number of aldehydes is 1. The van der Waals surface area contributed by atoms with E-state index in [9.17, 15) is 29.2 Å². The van der Waals surface area contributed by atoms with Crippen LogP contribution < -0.4 is 59.1 Å². The van der Waals surface area contributed by atoms with Gasteiger partial charge in [0.2, 0.25) is 0 Å². The summed E-state index contributed by atoms with van der Waals surface area (Å²) < 4.78 is 25.8. The molecule has 19 nitrogen and oxygen atoms in total. The van der Waals surface area contributed by atoms with Gasteiger partial charge in [-0.1, -0.05) is 106 Å². The number of hydrogen-bond donors (Lipinski definition) is 2. The number of benzene rings is 12. The van der Waals surface area contributed by atoms with Crippen molar-refractivity contribution >= 4 is 239 Å².